The summed E-state index contributed by atoms with van der Waals surface area (Å²) in [6.45, 7) is 4.96. The molecule has 8 heteroatoms. The van der Waals surface area contributed by atoms with Gasteiger partial charge < -0.3 is 14.4 Å². The molecule has 0 saturated carbocycles. The largest absolute Gasteiger partial charge is 0.496 e. The Morgan fingerprint density at radius 2 is 1.90 bits per heavy atom. The summed E-state index contributed by atoms with van der Waals surface area (Å²) in [5.74, 6) is 1.28. The van der Waals surface area contributed by atoms with Crippen LogP contribution in [0.4, 0.5) is 5.69 Å². The Kier molecular flexibility index (Phi) is 6.44. The molecule has 1 amide bonds. The van der Waals surface area contributed by atoms with Crippen molar-refractivity contribution < 1.29 is 22.7 Å². The van der Waals surface area contributed by atoms with Crippen LogP contribution in [0.2, 0.25) is 0 Å². The van der Waals surface area contributed by atoms with Crippen LogP contribution < -0.4 is 19.1 Å². The Morgan fingerprint density at radius 3 is 2.52 bits per heavy atom. The normalized spacial score (nSPS) is 16.9. The van der Waals surface area contributed by atoms with Crippen molar-refractivity contribution in [3.8, 4) is 11.5 Å². The van der Waals surface area contributed by atoms with Crippen molar-refractivity contribution in [2.45, 2.75) is 25.2 Å². The van der Waals surface area contributed by atoms with E-state index < -0.39 is 10.0 Å². The molecule has 1 saturated heterocycles. The molecule has 7 nitrogen and oxygen atoms in total. The van der Waals surface area contributed by atoms with Crippen LogP contribution in [0.3, 0.4) is 0 Å². The van der Waals surface area contributed by atoms with Crippen LogP contribution >= 0.6 is 0 Å². The highest BCUT2D eigenvalue weighted by atomic mass is 32.2. The van der Waals surface area contributed by atoms with Crippen LogP contribution in [0.1, 0.15) is 18.9 Å². The number of carbonyl (C=O) groups is 1. The van der Waals surface area contributed by atoms with Crippen LogP contribution in [0.5, 0.6) is 11.5 Å². The zero-order valence-electron chi connectivity index (χ0n) is 16.8. The Labute approximate surface area is 171 Å². The van der Waals surface area contributed by atoms with Gasteiger partial charge in [-0.15, -0.1) is 0 Å². The first-order valence-corrected chi connectivity index (χ1v) is 11.0. The van der Waals surface area contributed by atoms with Crippen LogP contribution in [-0.4, -0.2) is 41.1 Å². The predicted octanol–water partition coefficient (Wildman–Crippen LogP) is 2.73. The SMILES string of the molecule is CCOc1ccc(N2CC(CNS(=O)(=O)c3ccc(OC)c(C)c3)CC2=O)cc1. The first-order chi connectivity index (χ1) is 13.8. The fraction of sp³-hybridized carbons (Fsp3) is 0.381. The number of methoxy groups -OCH3 is 1. The van der Waals surface area contributed by atoms with Gasteiger partial charge in [0.05, 0.1) is 18.6 Å². The second-order valence-electron chi connectivity index (χ2n) is 6.98. The number of amides is 1. The van der Waals surface area contributed by atoms with Crippen molar-refractivity contribution in [1.29, 1.82) is 0 Å². The lowest BCUT2D eigenvalue weighted by Gasteiger charge is -2.17. The standard InChI is InChI=1S/C21H26N2O5S/c1-4-28-18-7-5-17(6-8-18)23-14-16(12-21(23)24)13-22-29(25,26)19-9-10-20(27-3)15(2)11-19/h5-11,16,22H,4,12-14H2,1-3H3. The summed E-state index contributed by atoms with van der Waals surface area (Å²) in [4.78, 5) is 14.3. The van der Waals surface area contributed by atoms with E-state index in [9.17, 15) is 13.2 Å². The Hall–Kier alpha value is -2.58. The minimum atomic E-state index is -3.66. The molecule has 1 atom stereocenters. The maximum Gasteiger partial charge on any atom is 0.240 e. The van der Waals surface area contributed by atoms with Gasteiger partial charge in [-0.05, 0) is 67.8 Å². The lowest BCUT2D eigenvalue weighted by molar-refractivity contribution is -0.117. The summed E-state index contributed by atoms with van der Waals surface area (Å²) in [5.41, 5.74) is 1.53. The number of sulfonamides is 1. The molecule has 0 aliphatic carbocycles. The quantitative estimate of drug-likeness (QED) is 0.713. The zero-order valence-corrected chi connectivity index (χ0v) is 17.7. The van der Waals surface area contributed by atoms with Crippen molar-refractivity contribution in [2.75, 3.05) is 31.7 Å². The van der Waals surface area contributed by atoms with E-state index in [2.05, 4.69) is 4.72 Å². The molecule has 1 aliphatic heterocycles. The number of aryl methyl sites for hydroxylation is 1. The molecule has 3 rings (SSSR count). The van der Waals surface area contributed by atoms with E-state index in [1.165, 1.54) is 6.07 Å². The monoisotopic (exact) mass is 418 g/mol. The number of hydrogen-bond acceptors (Lipinski definition) is 5. The predicted molar refractivity (Wildman–Crippen MR) is 111 cm³/mol. The smallest absolute Gasteiger partial charge is 0.240 e. The van der Waals surface area contributed by atoms with E-state index >= 15 is 0 Å². The van der Waals surface area contributed by atoms with Crippen LogP contribution in [0.15, 0.2) is 47.4 Å². The molecule has 0 aromatic heterocycles. The van der Waals surface area contributed by atoms with Gasteiger partial charge in [0.2, 0.25) is 15.9 Å². The Balaban J connectivity index is 1.63. The third-order valence-electron chi connectivity index (χ3n) is 4.90. The van der Waals surface area contributed by atoms with Crippen molar-refractivity contribution >= 4 is 21.6 Å². The topological polar surface area (TPSA) is 84.9 Å². The molecule has 1 unspecified atom stereocenters. The maximum atomic E-state index is 12.6. The van der Waals surface area contributed by atoms with E-state index in [4.69, 9.17) is 9.47 Å². The number of carbonyl (C=O) groups excluding carboxylic acids is 1. The lowest BCUT2D eigenvalue weighted by Crippen LogP contribution is -2.31. The van der Waals surface area contributed by atoms with Gasteiger partial charge >= 0.3 is 0 Å². The average molecular weight is 419 g/mol. The number of rotatable bonds is 8. The highest BCUT2D eigenvalue weighted by molar-refractivity contribution is 7.89. The number of benzene rings is 2. The van der Waals surface area contributed by atoms with Crippen LogP contribution in [-0.2, 0) is 14.8 Å². The third kappa shape index (κ3) is 4.89. The molecule has 0 spiro atoms. The third-order valence-corrected chi connectivity index (χ3v) is 6.32. The minimum absolute atomic E-state index is 0.0151. The molecule has 0 bridgehead atoms. The number of ether oxygens (including phenoxy) is 2. The second-order valence-corrected chi connectivity index (χ2v) is 8.75. The molecule has 2 aromatic carbocycles. The van der Waals surface area contributed by atoms with E-state index in [0.29, 0.717) is 25.3 Å². The van der Waals surface area contributed by atoms with Crippen LogP contribution in [0, 0.1) is 12.8 Å². The van der Waals surface area contributed by atoms with Crippen LogP contribution in [0.25, 0.3) is 0 Å². The van der Waals surface area contributed by atoms with Crippen molar-refractivity contribution in [2.24, 2.45) is 5.92 Å². The van der Waals surface area contributed by atoms with Crippen molar-refractivity contribution in [1.82, 2.24) is 4.72 Å². The first kappa shape index (κ1) is 21.1. The molecular weight excluding hydrogens is 392 g/mol. The van der Waals surface area contributed by atoms with E-state index in [1.54, 1.807) is 31.1 Å². The maximum absolute atomic E-state index is 12.6. The Bertz CT molecular complexity index is 973. The number of hydrogen-bond donors (Lipinski definition) is 1. The first-order valence-electron chi connectivity index (χ1n) is 9.51. The Morgan fingerprint density at radius 1 is 1.17 bits per heavy atom. The molecular formula is C21H26N2O5S. The van der Waals surface area contributed by atoms with Gasteiger partial charge in [-0.25, -0.2) is 13.1 Å². The summed E-state index contributed by atoms with van der Waals surface area (Å²) in [7, 11) is -2.12. The minimum Gasteiger partial charge on any atom is -0.496 e. The number of nitrogens with zero attached hydrogens (tertiary/aromatic N) is 1. The fourth-order valence-electron chi connectivity index (χ4n) is 3.39. The van der Waals surface area contributed by atoms with Gasteiger partial charge in [-0.2, -0.15) is 0 Å². The number of anilines is 1. The van der Waals surface area contributed by atoms with Crippen molar-refractivity contribution in [3.05, 3.63) is 48.0 Å². The zero-order chi connectivity index (χ0) is 21.0. The molecule has 0 radical (unpaired) electrons. The fourth-order valence-corrected chi connectivity index (χ4v) is 4.59. The summed E-state index contributed by atoms with van der Waals surface area (Å²) < 4.78 is 38.4. The molecule has 156 valence electrons. The van der Waals surface area contributed by atoms with Gasteiger partial charge in [-0.3, -0.25) is 4.79 Å². The van der Waals surface area contributed by atoms with Gasteiger partial charge in [0.15, 0.2) is 0 Å². The number of nitrogens with one attached hydrogen (secondary N) is 1. The van der Waals surface area contributed by atoms with Gasteiger partial charge in [-0.1, -0.05) is 0 Å². The van der Waals surface area contributed by atoms with E-state index in [0.717, 1.165) is 17.0 Å². The van der Waals surface area contributed by atoms with E-state index in [1.807, 2.05) is 31.2 Å². The molecule has 1 heterocycles. The molecule has 1 N–H and O–H groups in total. The summed E-state index contributed by atoms with van der Waals surface area (Å²) >= 11 is 0. The second kappa shape index (κ2) is 8.84. The molecule has 29 heavy (non-hydrogen) atoms. The summed E-state index contributed by atoms with van der Waals surface area (Å²) in [6, 6.07) is 12.1. The average Bonchev–Trinajstić information content (AvgIpc) is 3.08. The van der Waals surface area contributed by atoms with Crippen molar-refractivity contribution in [3.63, 3.8) is 0 Å². The molecule has 1 aliphatic rings. The highest BCUT2D eigenvalue weighted by Gasteiger charge is 2.31. The highest BCUT2D eigenvalue weighted by Crippen LogP contribution is 2.27. The van der Waals surface area contributed by atoms with Gasteiger partial charge in [0, 0.05) is 25.2 Å². The molecule has 2 aromatic rings. The van der Waals surface area contributed by atoms with Gasteiger partial charge in [0.25, 0.3) is 0 Å². The summed E-state index contributed by atoms with van der Waals surface area (Å²) in [5, 5.41) is 0. The lowest BCUT2D eigenvalue weighted by atomic mass is 10.1. The summed E-state index contributed by atoms with van der Waals surface area (Å²) in [6.07, 6.45) is 0.303. The van der Waals surface area contributed by atoms with E-state index in [-0.39, 0.29) is 23.3 Å². The molecule has 1 fully saturated rings. The van der Waals surface area contributed by atoms with Gasteiger partial charge in [0.1, 0.15) is 11.5 Å².